The Morgan fingerprint density at radius 2 is 2.06 bits per heavy atom. The molecule has 17 heavy (non-hydrogen) atoms. The van der Waals surface area contributed by atoms with Crippen molar-refractivity contribution in [1.82, 2.24) is 10.6 Å². The van der Waals surface area contributed by atoms with Crippen molar-refractivity contribution in [3.8, 4) is 0 Å². The van der Waals surface area contributed by atoms with Crippen LogP contribution in [0.1, 0.15) is 23.2 Å². The van der Waals surface area contributed by atoms with Crippen molar-refractivity contribution in [3.05, 3.63) is 35.6 Å². The molecule has 0 aliphatic carbocycles. The largest absolute Gasteiger partial charge is 0.356 e. The molecule has 0 bridgehead atoms. The molecule has 90 valence electrons. The summed E-state index contributed by atoms with van der Waals surface area (Å²) in [5.41, 5.74) is 0.400. The van der Waals surface area contributed by atoms with Crippen LogP contribution >= 0.6 is 0 Å². The fourth-order valence-electron chi connectivity index (χ4n) is 1.78. The number of hydrogen-bond acceptors (Lipinski definition) is 2. The van der Waals surface area contributed by atoms with Crippen molar-refractivity contribution >= 4 is 11.8 Å². The van der Waals surface area contributed by atoms with Crippen LogP contribution in [0.4, 0.5) is 4.39 Å². The lowest BCUT2D eigenvalue weighted by Crippen LogP contribution is -2.45. The van der Waals surface area contributed by atoms with Gasteiger partial charge in [0.05, 0.1) is 0 Å². The van der Waals surface area contributed by atoms with Gasteiger partial charge in [-0.1, -0.05) is 0 Å². The number of halogens is 1. The van der Waals surface area contributed by atoms with E-state index in [0.717, 1.165) is 6.42 Å². The Bertz CT molecular complexity index is 431. The van der Waals surface area contributed by atoms with E-state index in [1.54, 1.807) is 0 Å². The summed E-state index contributed by atoms with van der Waals surface area (Å²) in [4.78, 5) is 22.9. The van der Waals surface area contributed by atoms with Gasteiger partial charge in [0.1, 0.15) is 5.82 Å². The van der Waals surface area contributed by atoms with Crippen molar-refractivity contribution in [2.45, 2.75) is 18.9 Å². The highest BCUT2D eigenvalue weighted by Crippen LogP contribution is 2.07. The van der Waals surface area contributed by atoms with E-state index in [2.05, 4.69) is 10.6 Å². The lowest BCUT2D eigenvalue weighted by Gasteiger charge is -2.23. The third-order valence-electron chi connectivity index (χ3n) is 2.69. The van der Waals surface area contributed by atoms with Crippen LogP contribution in [-0.2, 0) is 4.79 Å². The van der Waals surface area contributed by atoms with Gasteiger partial charge in [-0.05, 0) is 30.7 Å². The van der Waals surface area contributed by atoms with Gasteiger partial charge in [-0.3, -0.25) is 9.59 Å². The van der Waals surface area contributed by atoms with Crippen molar-refractivity contribution in [3.63, 3.8) is 0 Å². The summed E-state index contributed by atoms with van der Waals surface area (Å²) in [7, 11) is 0. The number of rotatable bonds is 2. The highest BCUT2D eigenvalue weighted by Gasteiger charge is 2.20. The Kier molecular flexibility index (Phi) is 3.37. The molecule has 0 radical (unpaired) electrons. The standard InChI is InChI=1S/C12H13FN2O2/c13-9-3-1-8(2-4-9)12(17)15-10-5-6-14-11(16)7-10/h1-4,10H,5-7H2,(H,14,16)(H,15,17). The molecular weight excluding hydrogens is 223 g/mol. The first-order valence-electron chi connectivity index (χ1n) is 5.48. The third kappa shape index (κ3) is 3.03. The molecule has 2 rings (SSSR count). The maximum Gasteiger partial charge on any atom is 0.251 e. The zero-order valence-electron chi connectivity index (χ0n) is 9.20. The van der Waals surface area contributed by atoms with Crippen molar-refractivity contribution in [2.75, 3.05) is 6.54 Å². The summed E-state index contributed by atoms with van der Waals surface area (Å²) < 4.78 is 12.7. The Morgan fingerprint density at radius 3 is 2.71 bits per heavy atom. The maximum atomic E-state index is 12.7. The molecule has 1 aliphatic heterocycles. The summed E-state index contributed by atoms with van der Waals surface area (Å²) in [5.74, 6) is -0.705. The Balaban J connectivity index is 1.96. The number of carbonyl (C=O) groups is 2. The van der Waals surface area contributed by atoms with E-state index in [9.17, 15) is 14.0 Å². The van der Waals surface area contributed by atoms with E-state index < -0.39 is 0 Å². The highest BCUT2D eigenvalue weighted by atomic mass is 19.1. The van der Waals surface area contributed by atoms with E-state index in [1.807, 2.05) is 0 Å². The topological polar surface area (TPSA) is 58.2 Å². The minimum Gasteiger partial charge on any atom is -0.356 e. The molecule has 1 atom stereocenters. The van der Waals surface area contributed by atoms with Gasteiger partial charge < -0.3 is 10.6 Å². The van der Waals surface area contributed by atoms with Gasteiger partial charge in [-0.2, -0.15) is 0 Å². The molecule has 1 saturated heterocycles. The highest BCUT2D eigenvalue weighted by molar-refractivity contribution is 5.94. The fourth-order valence-corrected chi connectivity index (χ4v) is 1.78. The van der Waals surface area contributed by atoms with E-state index in [4.69, 9.17) is 0 Å². The van der Waals surface area contributed by atoms with Crippen LogP contribution < -0.4 is 10.6 Å². The first-order chi connectivity index (χ1) is 8.15. The Morgan fingerprint density at radius 1 is 1.35 bits per heavy atom. The molecule has 0 saturated carbocycles. The number of piperidine rings is 1. The SMILES string of the molecule is O=C1CC(NC(=O)c2ccc(F)cc2)CCN1. The maximum absolute atomic E-state index is 12.7. The van der Waals surface area contributed by atoms with Gasteiger partial charge in [0.15, 0.2) is 0 Å². The zero-order valence-corrected chi connectivity index (χ0v) is 9.20. The quantitative estimate of drug-likeness (QED) is 0.799. The van der Waals surface area contributed by atoms with Crippen molar-refractivity contribution in [1.29, 1.82) is 0 Å². The minimum absolute atomic E-state index is 0.0549. The lowest BCUT2D eigenvalue weighted by atomic mass is 10.1. The van der Waals surface area contributed by atoms with Gasteiger partial charge in [0.2, 0.25) is 5.91 Å². The van der Waals surface area contributed by atoms with E-state index in [1.165, 1.54) is 24.3 Å². The molecule has 1 fully saturated rings. The molecule has 4 nitrogen and oxygen atoms in total. The van der Waals surface area contributed by atoms with Gasteiger partial charge in [-0.25, -0.2) is 4.39 Å². The molecule has 0 aromatic heterocycles. The molecule has 1 aromatic carbocycles. The monoisotopic (exact) mass is 236 g/mol. The summed E-state index contributed by atoms with van der Waals surface area (Å²) in [5, 5.41) is 5.46. The Hall–Kier alpha value is -1.91. The van der Waals surface area contributed by atoms with E-state index in [0.29, 0.717) is 18.5 Å². The average molecular weight is 236 g/mol. The molecule has 1 unspecified atom stereocenters. The van der Waals surface area contributed by atoms with Crippen LogP contribution in [0.15, 0.2) is 24.3 Å². The van der Waals surface area contributed by atoms with E-state index in [-0.39, 0.29) is 23.7 Å². The number of hydrogen-bond donors (Lipinski definition) is 2. The second-order valence-electron chi connectivity index (χ2n) is 4.02. The predicted octanol–water partition coefficient (Wildman–Crippen LogP) is 0.834. The van der Waals surface area contributed by atoms with Crippen LogP contribution in [-0.4, -0.2) is 24.4 Å². The minimum atomic E-state index is -0.376. The van der Waals surface area contributed by atoms with Crippen molar-refractivity contribution < 1.29 is 14.0 Å². The molecule has 2 N–H and O–H groups in total. The normalized spacial score (nSPS) is 19.6. The van der Waals surface area contributed by atoms with E-state index >= 15 is 0 Å². The molecule has 1 aromatic rings. The average Bonchev–Trinajstić information content (AvgIpc) is 2.29. The molecule has 2 amide bonds. The first kappa shape index (κ1) is 11.6. The number of nitrogens with one attached hydrogen (secondary N) is 2. The van der Waals surface area contributed by atoms with Crippen LogP contribution in [0.3, 0.4) is 0 Å². The number of benzene rings is 1. The lowest BCUT2D eigenvalue weighted by molar-refractivity contribution is -0.122. The third-order valence-corrected chi connectivity index (χ3v) is 2.69. The number of amides is 2. The van der Waals surface area contributed by atoms with Gasteiger partial charge >= 0.3 is 0 Å². The van der Waals surface area contributed by atoms with Gasteiger partial charge in [-0.15, -0.1) is 0 Å². The molecule has 5 heteroatoms. The summed E-state index contributed by atoms with van der Waals surface area (Å²) in [6.45, 7) is 0.577. The second kappa shape index (κ2) is 4.95. The zero-order chi connectivity index (χ0) is 12.3. The summed E-state index contributed by atoms with van der Waals surface area (Å²) >= 11 is 0. The Labute approximate surface area is 98.2 Å². The first-order valence-corrected chi connectivity index (χ1v) is 5.48. The summed E-state index contributed by atoms with van der Waals surface area (Å²) in [6.07, 6.45) is 1.02. The fraction of sp³-hybridized carbons (Fsp3) is 0.333. The summed E-state index contributed by atoms with van der Waals surface area (Å²) in [6, 6.07) is 5.19. The van der Waals surface area contributed by atoms with Crippen molar-refractivity contribution in [2.24, 2.45) is 0 Å². The van der Waals surface area contributed by atoms with Gasteiger partial charge in [0, 0.05) is 24.6 Å². The van der Waals surface area contributed by atoms with Crippen LogP contribution in [0.5, 0.6) is 0 Å². The van der Waals surface area contributed by atoms with Crippen LogP contribution in [0, 0.1) is 5.82 Å². The molecule has 1 aliphatic rings. The van der Waals surface area contributed by atoms with Crippen LogP contribution in [0.2, 0.25) is 0 Å². The number of carbonyl (C=O) groups excluding carboxylic acids is 2. The molecule has 0 spiro atoms. The molecule has 1 heterocycles. The molecular formula is C12H13FN2O2. The van der Waals surface area contributed by atoms with Crippen LogP contribution in [0.25, 0.3) is 0 Å². The smallest absolute Gasteiger partial charge is 0.251 e. The second-order valence-corrected chi connectivity index (χ2v) is 4.02. The van der Waals surface area contributed by atoms with Gasteiger partial charge in [0.25, 0.3) is 5.91 Å². The predicted molar refractivity (Wildman–Crippen MR) is 59.9 cm³/mol.